The smallest absolute Gasteiger partial charge is 0.208 e. The molecule has 2 fully saturated rings. The topological polar surface area (TPSA) is 32.3 Å². The van der Waals surface area contributed by atoms with Crippen molar-refractivity contribution in [3.05, 3.63) is 5.51 Å². The third kappa shape index (κ3) is 2.14. The van der Waals surface area contributed by atoms with Crippen LogP contribution in [-0.2, 0) is 0 Å². The van der Waals surface area contributed by atoms with E-state index in [1.54, 1.807) is 11.3 Å². The zero-order valence-corrected chi connectivity index (χ0v) is 12.1. The van der Waals surface area contributed by atoms with Crippen molar-refractivity contribution >= 4 is 16.5 Å². The highest BCUT2D eigenvalue weighted by Gasteiger charge is 2.46. The molecule has 0 amide bonds. The van der Waals surface area contributed by atoms with Gasteiger partial charge >= 0.3 is 0 Å². The number of rotatable bonds is 3. The van der Waals surface area contributed by atoms with Crippen molar-refractivity contribution in [3.8, 4) is 0 Å². The third-order valence-corrected chi connectivity index (χ3v) is 5.03. The molecule has 0 radical (unpaired) electrons. The lowest BCUT2D eigenvalue weighted by Gasteiger charge is -2.36. The second kappa shape index (κ2) is 4.78. The summed E-state index contributed by atoms with van der Waals surface area (Å²) in [7, 11) is 0. The molecule has 1 aromatic heterocycles. The molecule has 0 bridgehead atoms. The summed E-state index contributed by atoms with van der Waals surface area (Å²) in [6.07, 6.45) is 4.00. The molecular formula is C13H22N4S. The number of nitrogens with zero attached hydrogens (tertiary/aromatic N) is 4. The monoisotopic (exact) mass is 266 g/mol. The molecule has 4 nitrogen and oxygen atoms in total. The minimum Gasteiger partial charge on any atom is -0.345 e. The summed E-state index contributed by atoms with van der Waals surface area (Å²) in [5.74, 6) is 0.760. The Labute approximate surface area is 113 Å². The molecule has 1 atom stereocenters. The van der Waals surface area contributed by atoms with Crippen LogP contribution < -0.4 is 4.90 Å². The molecule has 2 saturated heterocycles. The Morgan fingerprint density at radius 2 is 2.28 bits per heavy atom. The number of aromatic nitrogens is 2. The zero-order valence-electron chi connectivity index (χ0n) is 11.3. The lowest BCUT2D eigenvalue weighted by Crippen LogP contribution is -2.47. The van der Waals surface area contributed by atoms with E-state index in [2.05, 4.69) is 33.8 Å². The first-order chi connectivity index (χ1) is 8.70. The zero-order chi connectivity index (χ0) is 12.6. The Kier molecular flexibility index (Phi) is 3.28. The van der Waals surface area contributed by atoms with Crippen molar-refractivity contribution in [2.24, 2.45) is 5.92 Å². The maximum atomic E-state index is 4.21. The minimum atomic E-state index is 0.427. The Bertz CT molecular complexity index is 392. The molecule has 3 heterocycles. The Morgan fingerprint density at radius 1 is 1.39 bits per heavy atom. The average Bonchev–Trinajstić information content (AvgIpc) is 3.03. The van der Waals surface area contributed by atoms with Gasteiger partial charge in [0.15, 0.2) is 0 Å². The number of hydrogen-bond acceptors (Lipinski definition) is 5. The van der Waals surface area contributed by atoms with Gasteiger partial charge in [-0.2, -0.15) is 0 Å². The van der Waals surface area contributed by atoms with Crippen molar-refractivity contribution < 1.29 is 0 Å². The van der Waals surface area contributed by atoms with Gasteiger partial charge < -0.3 is 4.90 Å². The van der Waals surface area contributed by atoms with Gasteiger partial charge in [0, 0.05) is 25.2 Å². The van der Waals surface area contributed by atoms with Gasteiger partial charge in [0.05, 0.1) is 0 Å². The van der Waals surface area contributed by atoms with Crippen LogP contribution in [0.5, 0.6) is 0 Å². The van der Waals surface area contributed by atoms with Gasteiger partial charge in [-0.15, -0.1) is 10.2 Å². The van der Waals surface area contributed by atoms with E-state index in [0.29, 0.717) is 5.54 Å². The highest BCUT2D eigenvalue weighted by Crippen LogP contribution is 2.39. The lowest BCUT2D eigenvalue weighted by molar-refractivity contribution is 0.141. The second-order valence-corrected chi connectivity index (χ2v) is 6.87. The largest absolute Gasteiger partial charge is 0.345 e. The van der Waals surface area contributed by atoms with Crippen molar-refractivity contribution in [3.63, 3.8) is 0 Å². The molecule has 1 aromatic rings. The molecule has 0 aliphatic carbocycles. The normalized spacial score (nSPS) is 28.9. The van der Waals surface area contributed by atoms with E-state index < -0.39 is 0 Å². The van der Waals surface area contributed by atoms with E-state index in [0.717, 1.165) is 24.1 Å². The predicted octanol–water partition coefficient (Wildman–Crippen LogP) is 2.24. The van der Waals surface area contributed by atoms with Gasteiger partial charge in [0.2, 0.25) is 5.13 Å². The fraction of sp³-hybridized carbons (Fsp3) is 0.846. The SMILES string of the molecule is CC(C)CN1CCC[C@]12CCN(c1nncs1)C2. The molecule has 5 heteroatoms. The van der Waals surface area contributed by atoms with E-state index in [1.807, 2.05) is 5.51 Å². The van der Waals surface area contributed by atoms with Crippen LogP contribution in [0.15, 0.2) is 5.51 Å². The van der Waals surface area contributed by atoms with Crippen molar-refractivity contribution in [1.82, 2.24) is 15.1 Å². The van der Waals surface area contributed by atoms with Crippen LogP contribution in [0.3, 0.4) is 0 Å². The quantitative estimate of drug-likeness (QED) is 0.840. The molecule has 3 rings (SSSR count). The van der Waals surface area contributed by atoms with Crippen molar-refractivity contribution in [2.45, 2.75) is 38.6 Å². The first kappa shape index (κ1) is 12.4. The predicted molar refractivity (Wildman–Crippen MR) is 75.1 cm³/mol. The summed E-state index contributed by atoms with van der Waals surface area (Å²) in [6.45, 7) is 9.46. The van der Waals surface area contributed by atoms with E-state index in [9.17, 15) is 0 Å². The summed E-state index contributed by atoms with van der Waals surface area (Å²) >= 11 is 1.66. The summed E-state index contributed by atoms with van der Waals surface area (Å²) in [6, 6.07) is 0. The Balaban J connectivity index is 1.72. The van der Waals surface area contributed by atoms with E-state index in [4.69, 9.17) is 0 Å². The highest BCUT2D eigenvalue weighted by atomic mass is 32.1. The maximum absolute atomic E-state index is 4.21. The number of likely N-dealkylation sites (tertiary alicyclic amines) is 1. The highest BCUT2D eigenvalue weighted by molar-refractivity contribution is 7.13. The fourth-order valence-electron chi connectivity index (χ4n) is 3.51. The third-order valence-electron chi connectivity index (χ3n) is 4.28. The molecule has 18 heavy (non-hydrogen) atoms. The maximum Gasteiger partial charge on any atom is 0.208 e. The summed E-state index contributed by atoms with van der Waals surface area (Å²) < 4.78 is 0. The molecule has 0 unspecified atom stereocenters. The van der Waals surface area contributed by atoms with Gasteiger partial charge in [-0.05, 0) is 31.7 Å². The molecule has 0 N–H and O–H groups in total. The van der Waals surface area contributed by atoms with E-state index in [-0.39, 0.29) is 0 Å². The van der Waals surface area contributed by atoms with Crippen LogP contribution in [0, 0.1) is 5.92 Å². The standard InChI is InChI=1S/C13H22N4S/c1-11(2)8-17-6-3-4-13(17)5-7-16(9-13)12-15-14-10-18-12/h10-11H,3-9H2,1-2H3/t13-/m1/s1. The Hall–Kier alpha value is -0.680. The van der Waals surface area contributed by atoms with Gasteiger partial charge in [-0.1, -0.05) is 25.2 Å². The van der Waals surface area contributed by atoms with Crippen LogP contribution in [-0.4, -0.2) is 46.8 Å². The molecule has 2 aliphatic heterocycles. The minimum absolute atomic E-state index is 0.427. The molecule has 0 aromatic carbocycles. The summed E-state index contributed by atoms with van der Waals surface area (Å²) in [4.78, 5) is 5.16. The second-order valence-electron chi connectivity index (χ2n) is 6.06. The number of hydrogen-bond donors (Lipinski definition) is 0. The van der Waals surface area contributed by atoms with Crippen LogP contribution >= 0.6 is 11.3 Å². The van der Waals surface area contributed by atoms with E-state index in [1.165, 1.54) is 32.4 Å². The van der Waals surface area contributed by atoms with Crippen molar-refractivity contribution in [2.75, 3.05) is 31.1 Å². The van der Waals surface area contributed by atoms with Crippen LogP contribution in [0.25, 0.3) is 0 Å². The molecule has 100 valence electrons. The van der Waals surface area contributed by atoms with Crippen molar-refractivity contribution in [1.29, 1.82) is 0 Å². The van der Waals surface area contributed by atoms with Gasteiger partial charge in [0.25, 0.3) is 0 Å². The molecular weight excluding hydrogens is 244 g/mol. The molecule has 1 spiro atoms. The van der Waals surface area contributed by atoms with Crippen LogP contribution in [0.1, 0.15) is 33.1 Å². The van der Waals surface area contributed by atoms with Crippen LogP contribution in [0.2, 0.25) is 0 Å². The van der Waals surface area contributed by atoms with Gasteiger partial charge in [-0.25, -0.2) is 0 Å². The van der Waals surface area contributed by atoms with Gasteiger partial charge in [-0.3, -0.25) is 4.90 Å². The molecule has 2 aliphatic rings. The average molecular weight is 266 g/mol. The first-order valence-corrected chi connectivity index (χ1v) is 7.84. The lowest BCUT2D eigenvalue weighted by atomic mass is 9.94. The summed E-state index contributed by atoms with van der Waals surface area (Å²) in [5, 5.41) is 9.28. The summed E-state index contributed by atoms with van der Waals surface area (Å²) in [5.41, 5.74) is 2.26. The number of anilines is 1. The molecule has 0 saturated carbocycles. The van der Waals surface area contributed by atoms with Gasteiger partial charge in [0.1, 0.15) is 5.51 Å². The Morgan fingerprint density at radius 3 is 3.00 bits per heavy atom. The van der Waals surface area contributed by atoms with Crippen LogP contribution in [0.4, 0.5) is 5.13 Å². The first-order valence-electron chi connectivity index (χ1n) is 6.96. The van der Waals surface area contributed by atoms with E-state index >= 15 is 0 Å². The fourth-order valence-corrected chi connectivity index (χ4v) is 4.09.